The maximum absolute atomic E-state index is 12.6. The maximum atomic E-state index is 12.6. The Morgan fingerprint density at radius 2 is 1.15 bits per heavy atom. The second-order valence-corrected chi connectivity index (χ2v) is 16.8. The second-order valence-electron chi connectivity index (χ2n) is 15.4. The van der Waals surface area contributed by atoms with Crippen LogP contribution in [0.3, 0.4) is 0 Å². The van der Waals surface area contributed by atoms with Crippen LogP contribution in [0.5, 0.6) is 0 Å². The fraction of sp³-hybridized carbons (Fsp3) is 0.761. The van der Waals surface area contributed by atoms with Crippen molar-refractivity contribution in [1.82, 2.24) is 0 Å². The topological polar surface area (TPSA) is 192 Å². The third kappa shape index (κ3) is 40.6. The second kappa shape index (κ2) is 40.8. The van der Waals surface area contributed by atoms with Crippen LogP contribution in [0.1, 0.15) is 187 Å². The van der Waals surface area contributed by atoms with Crippen molar-refractivity contribution < 1.29 is 52.6 Å². The zero-order valence-electron chi connectivity index (χ0n) is 36.7. The summed E-state index contributed by atoms with van der Waals surface area (Å²) in [5, 5.41) is 19.0. The van der Waals surface area contributed by atoms with Crippen LogP contribution < -0.4 is 5.73 Å². The van der Waals surface area contributed by atoms with Crippen molar-refractivity contribution in [2.24, 2.45) is 5.73 Å². The fourth-order valence-electron chi connectivity index (χ4n) is 6.07. The van der Waals surface area contributed by atoms with Gasteiger partial charge in [0.05, 0.1) is 19.3 Å². The van der Waals surface area contributed by atoms with Gasteiger partial charge in [0, 0.05) is 12.8 Å². The minimum absolute atomic E-state index is 0.0903. The summed E-state index contributed by atoms with van der Waals surface area (Å²) in [5.41, 5.74) is 5.33. The summed E-state index contributed by atoms with van der Waals surface area (Å²) in [7, 11) is -4.74. The van der Waals surface area contributed by atoms with Gasteiger partial charge in [-0.1, -0.05) is 165 Å². The molecule has 0 heterocycles. The van der Waals surface area contributed by atoms with Crippen LogP contribution >= 0.6 is 7.82 Å². The molecule has 0 bridgehead atoms. The molecule has 0 aromatic heterocycles. The summed E-state index contributed by atoms with van der Waals surface area (Å²) in [6, 6.07) is -1.54. The fourth-order valence-corrected chi connectivity index (χ4v) is 6.85. The van der Waals surface area contributed by atoms with Crippen molar-refractivity contribution in [1.29, 1.82) is 0 Å². The number of rotatable bonds is 42. The Labute approximate surface area is 357 Å². The van der Waals surface area contributed by atoms with Gasteiger partial charge in [-0.3, -0.25) is 23.4 Å². The number of allylic oxidation sites excluding steroid dienone is 7. The first-order valence-electron chi connectivity index (χ1n) is 22.8. The summed E-state index contributed by atoms with van der Waals surface area (Å²) in [4.78, 5) is 46.0. The molecule has 4 atom stereocenters. The van der Waals surface area contributed by atoms with E-state index in [0.717, 1.165) is 57.8 Å². The minimum atomic E-state index is -4.74. The molecule has 0 aliphatic heterocycles. The van der Waals surface area contributed by atoms with Crippen LogP contribution in [0.2, 0.25) is 0 Å². The van der Waals surface area contributed by atoms with Gasteiger partial charge in [0.25, 0.3) is 0 Å². The number of aliphatic hydroxyl groups is 1. The highest BCUT2D eigenvalue weighted by Gasteiger charge is 2.28. The number of hydrogen-bond donors (Lipinski definition) is 4. The quantitative estimate of drug-likeness (QED) is 0.0150. The summed E-state index contributed by atoms with van der Waals surface area (Å²) < 4.78 is 32.7. The van der Waals surface area contributed by atoms with Gasteiger partial charge in [-0.15, -0.1) is 0 Å². The molecule has 0 spiro atoms. The lowest BCUT2D eigenvalue weighted by Gasteiger charge is -2.20. The molecule has 0 aromatic carbocycles. The van der Waals surface area contributed by atoms with E-state index in [-0.39, 0.29) is 19.4 Å². The number of ether oxygens (including phenoxy) is 2. The van der Waals surface area contributed by atoms with Gasteiger partial charge in [0.1, 0.15) is 12.6 Å². The molecule has 0 rings (SSSR count). The average Bonchev–Trinajstić information content (AvgIpc) is 3.21. The molecule has 0 fully saturated rings. The monoisotopic (exact) mass is 856 g/mol. The number of carboxylic acids is 1. The predicted octanol–water partition coefficient (Wildman–Crippen LogP) is 11.1. The normalized spacial score (nSPS) is 14.7. The SMILES string of the molecule is CC/C=C/C/C=C/C=C/C(O)CCCCCCCC(=O)O[C@H](COC(=O)CCCCCCCCCCC/C=C\CCCCCCCC)COP(=O)(O)OC[C@H](N)C(=O)O. The number of unbranched alkanes of at least 4 members (excludes halogenated alkanes) is 19. The molecule has 0 radical (unpaired) electrons. The van der Waals surface area contributed by atoms with Crippen molar-refractivity contribution >= 4 is 25.7 Å². The van der Waals surface area contributed by atoms with Crippen LogP contribution in [0.4, 0.5) is 0 Å². The van der Waals surface area contributed by atoms with Crippen molar-refractivity contribution in [2.75, 3.05) is 19.8 Å². The van der Waals surface area contributed by atoms with Crippen LogP contribution in [-0.2, 0) is 37.5 Å². The van der Waals surface area contributed by atoms with Gasteiger partial charge >= 0.3 is 25.7 Å². The Bertz CT molecular complexity index is 1210. The molecule has 342 valence electrons. The number of phosphoric ester groups is 1. The van der Waals surface area contributed by atoms with Crippen LogP contribution in [0.15, 0.2) is 48.6 Å². The first-order chi connectivity index (χ1) is 28.5. The lowest BCUT2D eigenvalue weighted by molar-refractivity contribution is -0.161. The zero-order chi connectivity index (χ0) is 43.7. The minimum Gasteiger partial charge on any atom is -0.480 e. The molecule has 0 aromatic rings. The highest BCUT2D eigenvalue weighted by atomic mass is 31.2. The Morgan fingerprint density at radius 3 is 1.73 bits per heavy atom. The van der Waals surface area contributed by atoms with E-state index in [1.807, 2.05) is 18.2 Å². The first-order valence-corrected chi connectivity index (χ1v) is 24.3. The number of aliphatic hydroxyl groups excluding tert-OH is 1. The third-order valence-electron chi connectivity index (χ3n) is 9.66. The van der Waals surface area contributed by atoms with Gasteiger partial charge in [-0.05, 0) is 57.8 Å². The number of hydrogen-bond acceptors (Lipinski definition) is 10. The predicted molar refractivity (Wildman–Crippen MR) is 237 cm³/mol. The van der Waals surface area contributed by atoms with E-state index < -0.39 is 57.2 Å². The molecule has 13 heteroatoms. The lowest BCUT2D eigenvalue weighted by atomic mass is 10.1. The molecule has 0 saturated carbocycles. The van der Waals surface area contributed by atoms with Gasteiger partial charge in [0.15, 0.2) is 6.10 Å². The molecule has 0 aliphatic rings. The van der Waals surface area contributed by atoms with Crippen molar-refractivity contribution in [3.8, 4) is 0 Å². The molecule has 2 unspecified atom stereocenters. The number of carboxylic acid groups (broad SMARTS) is 1. The summed E-state index contributed by atoms with van der Waals surface area (Å²) in [6.07, 6.45) is 41.9. The van der Waals surface area contributed by atoms with E-state index in [4.69, 9.17) is 24.8 Å². The largest absolute Gasteiger partial charge is 0.480 e. The molecule has 59 heavy (non-hydrogen) atoms. The van der Waals surface area contributed by atoms with E-state index >= 15 is 0 Å². The van der Waals surface area contributed by atoms with E-state index in [1.54, 1.807) is 6.08 Å². The van der Waals surface area contributed by atoms with E-state index in [1.165, 1.54) is 83.5 Å². The van der Waals surface area contributed by atoms with Crippen LogP contribution in [0, 0.1) is 0 Å². The van der Waals surface area contributed by atoms with E-state index in [2.05, 4.69) is 42.7 Å². The Hall–Kier alpha value is -2.60. The highest BCUT2D eigenvalue weighted by Crippen LogP contribution is 2.43. The molecule has 0 saturated heterocycles. The number of carbonyl (C=O) groups excluding carboxylic acids is 2. The first kappa shape index (κ1) is 56.4. The summed E-state index contributed by atoms with van der Waals surface area (Å²) in [6.45, 7) is 2.57. The molecule has 12 nitrogen and oxygen atoms in total. The van der Waals surface area contributed by atoms with Gasteiger partial charge in [-0.2, -0.15) is 0 Å². The Kier molecular flexibility index (Phi) is 39.0. The highest BCUT2D eigenvalue weighted by molar-refractivity contribution is 7.47. The number of aliphatic carboxylic acids is 1. The van der Waals surface area contributed by atoms with E-state index in [0.29, 0.717) is 19.3 Å². The molecule has 0 amide bonds. The third-order valence-corrected chi connectivity index (χ3v) is 10.6. The number of esters is 2. The van der Waals surface area contributed by atoms with Gasteiger partial charge < -0.3 is 30.3 Å². The van der Waals surface area contributed by atoms with Gasteiger partial charge in [0.2, 0.25) is 0 Å². The summed E-state index contributed by atoms with van der Waals surface area (Å²) >= 11 is 0. The molecular weight excluding hydrogens is 773 g/mol. The van der Waals surface area contributed by atoms with Crippen molar-refractivity contribution in [2.45, 2.75) is 205 Å². The van der Waals surface area contributed by atoms with Crippen molar-refractivity contribution in [3.05, 3.63) is 48.6 Å². The molecule has 5 N–H and O–H groups in total. The number of nitrogens with two attached hydrogens (primary N) is 1. The molecule has 0 aliphatic carbocycles. The van der Waals surface area contributed by atoms with Crippen molar-refractivity contribution in [3.63, 3.8) is 0 Å². The zero-order valence-corrected chi connectivity index (χ0v) is 37.6. The smallest absolute Gasteiger partial charge is 0.472 e. The van der Waals surface area contributed by atoms with E-state index in [9.17, 15) is 28.9 Å². The van der Waals surface area contributed by atoms with Crippen LogP contribution in [-0.4, -0.2) is 71.1 Å². The lowest BCUT2D eigenvalue weighted by Crippen LogP contribution is -2.34. The van der Waals surface area contributed by atoms with Gasteiger partial charge in [-0.25, -0.2) is 4.57 Å². The Morgan fingerprint density at radius 1 is 0.627 bits per heavy atom. The summed E-state index contributed by atoms with van der Waals surface area (Å²) in [5.74, 6) is -2.47. The molecular formula is C46H82NO11P. The number of carbonyl (C=O) groups is 3. The standard InChI is InChI=1S/C46H82NO11P/c1-3-5-7-9-11-12-13-14-15-16-17-18-19-20-21-22-24-28-32-36-44(49)55-38-42(39-56-59(53,54)57-40-43(47)46(51)52)58-45(50)37-33-29-25-27-31-35-41(48)34-30-26-23-10-8-6-4-2/h6,8,14-15,23,26,30,34,41-43,48H,3-5,7,9-13,16-22,24-25,27-29,31-33,35-40,47H2,1-2H3,(H,51,52)(H,53,54)/b8-6+,15-14-,26-23+,34-30+/t41?,42-,43+/m1/s1. The maximum Gasteiger partial charge on any atom is 0.472 e. The van der Waals surface area contributed by atoms with Crippen LogP contribution in [0.25, 0.3) is 0 Å². The average molecular weight is 856 g/mol. The number of phosphoric acid groups is 1. The Balaban J connectivity index is 4.39.